The number of fused-ring (bicyclic) bond motifs is 1. The number of nitrogens with one attached hydrogen (secondary N) is 2. The number of benzene rings is 2. The average Bonchev–Trinajstić information content (AvgIpc) is 3.21. The maximum Gasteiger partial charge on any atom is 0.270 e. The van der Waals surface area contributed by atoms with E-state index in [0.717, 1.165) is 29.3 Å². The predicted octanol–water partition coefficient (Wildman–Crippen LogP) is 3.97. The lowest BCUT2D eigenvalue weighted by Crippen LogP contribution is -2.42. The lowest BCUT2D eigenvalue weighted by atomic mass is 9.84. The molecule has 0 bridgehead atoms. The van der Waals surface area contributed by atoms with E-state index in [1.807, 2.05) is 72.5 Å². The molecule has 1 aliphatic rings. The number of hydrogen-bond acceptors (Lipinski definition) is 2. The molecule has 5 nitrogen and oxygen atoms in total. The van der Waals surface area contributed by atoms with Crippen LogP contribution in [0.4, 0.5) is 0 Å². The van der Waals surface area contributed by atoms with Crippen molar-refractivity contribution in [3.05, 3.63) is 71.9 Å². The van der Waals surface area contributed by atoms with E-state index in [1.54, 1.807) is 0 Å². The summed E-state index contributed by atoms with van der Waals surface area (Å²) >= 11 is 0. The summed E-state index contributed by atoms with van der Waals surface area (Å²) < 4.78 is 0. The molecule has 0 radical (unpaired) electrons. The van der Waals surface area contributed by atoms with Crippen LogP contribution in [0.3, 0.4) is 0 Å². The first-order chi connectivity index (χ1) is 14.1. The fourth-order valence-electron chi connectivity index (χ4n) is 4.12. The van der Waals surface area contributed by atoms with Crippen LogP contribution >= 0.6 is 0 Å². The second-order valence-corrected chi connectivity index (χ2v) is 7.89. The zero-order valence-corrected chi connectivity index (χ0v) is 16.7. The van der Waals surface area contributed by atoms with E-state index < -0.39 is 0 Å². The van der Waals surface area contributed by atoms with Crippen LogP contribution in [0.2, 0.25) is 0 Å². The van der Waals surface area contributed by atoms with Gasteiger partial charge in [0.25, 0.3) is 5.91 Å². The van der Waals surface area contributed by atoms with Crippen molar-refractivity contribution < 1.29 is 9.59 Å². The highest BCUT2D eigenvalue weighted by molar-refractivity contribution is 5.98. The summed E-state index contributed by atoms with van der Waals surface area (Å²) in [5.74, 6) is 0.386. The van der Waals surface area contributed by atoms with Gasteiger partial charge in [-0.1, -0.05) is 55.5 Å². The molecule has 2 N–H and O–H groups in total. The van der Waals surface area contributed by atoms with Gasteiger partial charge in [0.15, 0.2) is 0 Å². The molecule has 3 aromatic rings. The van der Waals surface area contributed by atoms with E-state index >= 15 is 0 Å². The van der Waals surface area contributed by atoms with Gasteiger partial charge in [0.1, 0.15) is 5.69 Å². The number of aromatic amines is 1. The third-order valence-electron chi connectivity index (χ3n) is 6.02. The number of likely N-dealkylation sites (tertiary alicyclic amines) is 1. The fourth-order valence-corrected chi connectivity index (χ4v) is 4.12. The molecule has 1 atom stereocenters. The lowest BCUT2D eigenvalue weighted by molar-refractivity contribution is -0.126. The molecule has 2 aromatic carbocycles. The first-order valence-electron chi connectivity index (χ1n) is 10.3. The topological polar surface area (TPSA) is 65.2 Å². The number of amides is 2. The first kappa shape index (κ1) is 19.2. The average molecular weight is 389 g/mol. The van der Waals surface area contributed by atoms with Crippen LogP contribution in [-0.2, 0) is 11.3 Å². The minimum absolute atomic E-state index is 0.0424. The Balaban J connectivity index is 1.30. The maximum atomic E-state index is 12.9. The summed E-state index contributed by atoms with van der Waals surface area (Å²) in [6.45, 7) is 3.94. The molecule has 1 aliphatic heterocycles. The monoisotopic (exact) mass is 389 g/mol. The summed E-state index contributed by atoms with van der Waals surface area (Å²) in [5.41, 5.74) is 2.72. The van der Waals surface area contributed by atoms with E-state index in [2.05, 4.69) is 10.3 Å². The number of nitrogens with zero attached hydrogens (tertiary/aromatic N) is 1. The standard InChI is InChI=1S/C24H27N3O2/c1-17(23(28)25-16-18-7-3-2-4-8-18)19-11-13-27(14-12-19)24(29)22-15-20-9-5-6-10-21(20)26-22/h2-10,15,17,19,26H,11-14,16H2,1H3,(H,25,28). The van der Waals surface area contributed by atoms with Gasteiger partial charge >= 0.3 is 0 Å². The highest BCUT2D eigenvalue weighted by Crippen LogP contribution is 2.26. The summed E-state index contributed by atoms with van der Waals surface area (Å²) in [4.78, 5) is 30.5. The molecule has 150 valence electrons. The molecule has 1 fully saturated rings. The molecule has 2 heterocycles. The number of piperidine rings is 1. The first-order valence-corrected chi connectivity index (χ1v) is 10.3. The van der Waals surface area contributed by atoms with Crippen molar-refractivity contribution in [1.29, 1.82) is 0 Å². The Bertz CT molecular complexity index is 955. The summed E-state index contributed by atoms with van der Waals surface area (Å²) in [6.07, 6.45) is 1.71. The van der Waals surface area contributed by atoms with E-state index in [0.29, 0.717) is 31.2 Å². The third-order valence-corrected chi connectivity index (χ3v) is 6.02. The van der Waals surface area contributed by atoms with Crippen LogP contribution in [0.1, 0.15) is 35.8 Å². The molecule has 0 spiro atoms. The van der Waals surface area contributed by atoms with Gasteiger partial charge in [0, 0.05) is 36.5 Å². The number of carbonyl (C=O) groups excluding carboxylic acids is 2. The van der Waals surface area contributed by atoms with Crippen LogP contribution < -0.4 is 5.32 Å². The summed E-state index contributed by atoms with van der Waals surface area (Å²) in [5, 5.41) is 4.10. The van der Waals surface area contributed by atoms with Crippen LogP contribution in [0.15, 0.2) is 60.7 Å². The van der Waals surface area contributed by atoms with Crippen LogP contribution in [0, 0.1) is 11.8 Å². The van der Waals surface area contributed by atoms with Gasteiger partial charge in [0.05, 0.1) is 0 Å². The number of hydrogen-bond donors (Lipinski definition) is 2. The molecule has 0 saturated carbocycles. The molecular weight excluding hydrogens is 362 g/mol. The normalized spacial score (nSPS) is 16.0. The van der Waals surface area contributed by atoms with Crippen molar-refractivity contribution >= 4 is 22.7 Å². The number of rotatable bonds is 5. The predicted molar refractivity (Wildman–Crippen MR) is 114 cm³/mol. The molecule has 0 aliphatic carbocycles. The highest BCUT2D eigenvalue weighted by atomic mass is 16.2. The van der Waals surface area contributed by atoms with Crippen molar-refractivity contribution in [2.45, 2.75) is 26.3 Å². The number of carbonyl (C=O) groups is 2. The van der Waals surface area contributed by atoms with Crippen molar-refractivity contribution in [3.8, 4) is 0 Å². The van der Waals surface area contributed by atoms with Gasteiger partial charge in [0.2, 0.25) is 5.91 Å². The Morgan fingerprint density at radius 3 is 2.48 bits per heavy atom. The Labute approximate surface area is 171 Å². The Morgan fingerprint density at radius 1 is 1.07 bits per heavy atom. The molecule has 29 heavy (non-hydrogen) atoms. The fraction of sp³-hybridized carbons (Fsp3) is 0.333. The van der Waals surface area contributed by atoms with Gasteiger partial charge in [-0.05, 0) is 36.5 Å². The molecule has 5 heteroatoms. The second-order valence-electron chi connectivity index (χ2n) is 7.89. The number of para-hydroxylation sites is 1. The van der Waals surface area contributed by atoms with E-state index in [-0.39, 0.29) is 17.7 Å². The van der Waals surface area contributed by atoms with Gasteiger partial charge in [-0.25, -0.2) is 0 Å². The van der Waals surface area contributed by atoms with Crippen LogP contribution in [-0.4, -0.2) is 34.8 Å². The number of H-pyrrole nitrogens is 1. The van der Waals surface area contributed by atoms with Gasteiger partial charge in [-0.2, -0.15) is 0 Å². The smallest absolute Gasteiger partial charge is 0.270 e. The molecule has 4 rings (SSSR count). The minimum Gasteiger partial charge on any atom is -0.352 e. The third kappa shape index (κ3) is 4.34. The quantitative estimate of drug-likeness (QED) is 0.693. The molecule has 1 unspecified atom stereocenters. The highest BCUT2D eigenvalue weighted by Gasteiger charge is 2.30. The summed E-state index contributed by atoms with van der Waals surface area (Å²) in [6, 6.07) is 19.8. The van der Waals surface area contributed by atoms with E-state index in [4.69, 9.17) is 0 Å². The number of aromatic nitrogens is 1. The van der Waals surface area contributed by atoms with Crippen molar-refractivity contribution in [2.24, 2.45) is 11.8 Å². The van der Waals surface area contributed by atoms with E-state index in [9.17, 15) is 9.59 Å². The zero-order valence-electron chi connectivity index (χ0n) is 16.7. The Morgan fingerprint density at radius 2 is 1.76 bits per heavy atom. The van der Waals surface area contributed by atoms with Gasteiger partial charge < -0.3 is 15.2 Å². The molecule has 1 saturated heterocycles. The molecule has 2 amide bonds. The maximum absolute atomic E-state index is 12.9. The second kappa shape index (κ2) is 8.52. The molecular formula is C24H27N3O2. The van der Waals surface area contributed by atoms with Crippen molar-refractivity contribution in [3.63, 3.8) is 0 Å². The summed E-state index contributed by atoms with van der Waals surface area (Å²) in [7, 11) is 0. The SMILES string of the molecule is CC(C(=O)NCc1ccccc1)C1CCN(C(=O)c2cc3ccccc3[nH]2)CC1. The minimum atomic E-state index is -0.0518. The Hall–Kier alpha value is -3.08. The van der Waals surface area contributed by atoms with E-state index in [1.165, 1.54) is 0 Å². The lowest BCUT2D eigenvalue weighted by Gasteiger charge is -2.34. The van der Waals surface area contributed by atoms with Gasteiger partial charge in [-0.15, -0.1) is 0 Å². The van der Waals surface area contributed by atoms with Crippen molar-refractivity contribution in [2.75, 3.05) is 13.1 Å². The van der Waals surface area contributed by atoms with Crippen LogP contribution in [0.5, 0.6) is 0 Å². The molecule has 1 aromatic heterocycles. The Kier molecular flexibility index (Phi) is 5.65. The largest absolute Gasteiger partial charge is 0.352 e. The zero-order chi connectivity index (χ0) is 20.2. The van der Waals surface area contributed by atoms with Crippen molar-refractivity contribution in [1.82, 2.24) is 15.2 Å². The van der Waals surface area contributed by atoms with Gasteiger partial charge in [-0.3, -0.25) is 9.59 Å². The van der Waals surface area contributed by atoms with Crippen LogP contribution in [0.25, 0.3) is 10.9 Å².